The predicted molar refractivity (Wildman–Crippen MR) is 39.5 cm³/mol. The first kappa shape index (κ1) is 7.70. The molecule has 0 bridgehead atoms. The molecule has 3 heteroatoms. The molecular formula is C8H8N2O. The summed E-state index contributed by atoms with van der Waals surface area (Å²) < 4.78 is 0. The molecule has 0 aromatic carbocycles. The van der Waals surface area contributed by atoms with Crippen molar-refractivity contribution in [3.05, 3.63) is 29.6 Å². The molecule has 3 nitrogen and oxygen atoms in total. The van der Waals surface area contributed by atoms with Gasteiger partial charge in [0, 0.05) is 18.0 Å². The Balaban J connectivity index is 2.98. The second-order valence-corrected chi connectivity index (χ2v) is 2.33. The Kier molecular flexibility index (Phi) is 2.19. The average Bonchev–Trinajstić information content (AvgIpc) is 2.03. The normalized spacial score (nSPS) is 12.1. The maximum atomic E-state index is 9.05. The summed E-state index contributed by atoms with van der Waals surface area (Å²) in [5.41, 5.74) is 1.49. The van der Waals surface area contributed by atoms with Crippen LogP contribution in [0.3, 0.4) is 0 Å². The zero-order chi connectivity index (χ0) is 8.27. The van der Waals surface area contributed by atoms with Crippen LogP contribution in [0.5, 0.6) is 0 Å². The second kappa shape index (κ2) is 3.13. The number of hydrogen-bond donors (Lipinski definition) is 1. The minimum absolute atomic E-state index is 0.549. The Morgan fingerprint density at radius 3 is 2.91 bits per heavy atom. The number of aliphatic hydroxyl groups is 1. The van der Waals surface area contributed by atoms with Crippen molar-refractivity contribution in [1.82, 2.24) is 4.98 Å². The summed E-state index contributed by atoms with van der Waals surface area (Å²) in [5.74, 6) is 0. The molecule has 0 aliphatic rings. The third kappa shape index (κ3) is 1.76. The zero-order valence-corrected chi connectivity index (χ0v) is 6.15. The molecule has 0 spiro atoms. The van der Waals surface area contributed by atoms with Crippen molar-refractivity contribution in [3.8, 4) is 6.07 Å². The smallest absolute Gasteiger partial charge is 0.167 e. The van der Waals surface area contributed by atoms with Crippen molar-refractivity contribution in [3.63, 3.8) is 0 Å². The van der Waals surface area contributed by atoms with Gasteiger partial charge in [-0.3, -0.25) is 4.98 Å². The van der Waals surface area contributed by atoms with Gasteiger partial charge in [0.05, 0.1) is 6.07 Å². The molecule has 0 radical (unpaired) electrons. The van der Waals surface area contributed by atoms with Crippen molar-refractivity contribution < 1.29 is 5.11 Å². The number of nitrogens with zero attached hydrogens (tertiary/aromatic N) is 2. The first-order chi connectivity index (χ1) is 5.24. The average molecular weight is 148 g/mol. The number of rotatable bonds is 1. The van der Waals surface area contributed by atoms with Crippen LogP contribution in [0.25, 0.3) is 0 Å². The van der Waals surface area contributed by atoms with Gasteiger partial charge in [-0.25, -0.2) is 0 Å². The molecule has 0 saturated heterocycles. The lowest BCUT2D eigenvalue weighted by Crippen LogP contribution is -1.94. The molecular weight excluding hydrogens is 140 g/mol. The van der Waals surface area contributed by atoms with E-state index >= 15 is 0 Å². The Hall–Kier alpha value is -1.40. The molecule has 1 aromatic rings. The first-order valence-corrected chi connectivity index (χ1v) is 3.23. The minimum atomic E-state index is -1.05. The molecule has 56 valence electrons. The Morgan fingerprint density at radius 2 is 2.36 bits per heavy atom. The number of hydrogen-bond acceptors (Lipinski definition) is 3. The fourth-order valence-electron chi connectivity index (χ4n) is 0.802. The summed E-state index contributed by atoms with van der Waals surface area (Å²) in [6.45, 7) is 1.86. The summed E-state index contributed by atoms with van der Waals surface area (Å²) in [7, 11) is 0. The number of aliphatic hydroxyl groups excluding tert-OH is 1. The van der Waals surface area contributed by atoms with Crippen LogP contribution in [0.1, 0.15) is 17.2 Å². The summed E-state index contributed by atoms with van der Waals surface area (Å²) in [4.78, 5) is 3.84. The van der Waals surface area contributed by atoms with Gasteiger partial charge in [-0.1, -0.05) is 0 Å². The maximum Gasteiger partial charge on any atom is 0.167 e. The van der Waals surface area contributed by atoms with E-state index in [2.05, 4.69) is 4.98 Å². The summed E-state index contributed by atoms with van der Waals surface area (Å²) >= 11 is 0. The minimum Gasteiger partial charge on any atom is -0.374 e. The molecule has 1 N–H and O–H groups in total. The third-order valence-corrected chi connectivity index (χ3v) is 1.33. The fourth-order valence-corrected chi connectivity index (χ4v) is 0.802. The SMILES string of the molecule is Cc1cncc(C(O)C#N)c1. The van der Waals surface area contributed by atoms with Gasteiger partial charge in [0.1, 0.15) is 0 Å². The second-order valence-electron chi connectivity index (χ2n) is 2.33. The first-order valence-electron chi connectivity index (χ1n) is 3.23. The van der Waals surface area contributed by atoms with Crippen molar-refractivity contribution in [2.75, 3.05) is 0 Å². The van der Waals surface area contributed by atoms with Gasteiger partial charge in [-0.05, 0) is 18.6 Å². The number of aryl methyl sites for hydroxylation is 1. The number of aromatic nitrogens is 1. The van der Waals surface area contributed by atoms with Gasteiger partial charge < -0.3 is 5.11 Å². The summed E-state index contributed by atoms with van der Waals surface area (Å²) in [6, 6.07) is 3.46. The molecule has 0 fully saturated rings. The summed E-state index contributed by atoms with van der Waals surface area (Å²) in [5, 5.41) is 17.4. The Morgan fingerprint density at radius 1 is 1.64 bits per heavy atom. The highest BCUT2D eigenvalue weighted by Crippen LogP contribution is 2.10. The highest BCUT2D eigenvalue weighted by molar-refractivity contribution is 5.22. The lowest BCUT2D eigenvalue weighted by Gasteiger charge is -2.00. The van der Waals surface area contributed by atoms with E-state index in [9.17, 15) is 0 Å². The molecule has 1 heterocycles. The molecule has 0 saturated carbocycles. The van der Waals surface area contributed by atoms with E-state index in [1.165, 1.54) is 6.20 Å². The topological polar surface area (TPSA) is 56.9 Å². The highest BCUT2D eigenvalue weighted by atomic mass is 16.3. The van der Waals surface area contributed by atoms with Gasteiger partial charge in [0.15, 0.2) is 6.10 Å². The largest absolute Gasteiger partial charge is 0.374 e. The van der Waals surface area contributed by atoms with Crippen molar-refractivity contribution in [2.45, 2.75) is 13.0 Å². The van der Waals surface area contributed by atoms with Gasteiger partial charge in [0.25, 0.3) is 0 Å². The van der Waals surface area contributed by atoms with Gasteiger partial charge in [-0.15, -0.1) is 0 Å². The van der Waals surface area contributed by atoms with Crippen molar-refractivity contribution >= 4 is 0 Å². The van der Waals surface area contributed by atoms with Crippen molar-refractivity contribution in [1.29, 1.82) is 5.26 Å². The number of nitriles is 1. The van der Waals surface area contributed by atoms with E-state index in [1.54, 1.807) is 18.3 Å². The third-order valence-electron chi connectivity index (χ3n) is 1.33. The fraction of sp³-hybridized carbons (Fsp3) is 0.250. The maximum absolute atomic E-state index is 9.05. The lowest BCUT2D eigenvalue weighted by molar-refractivity contribution is 0.235. The van der Waals surface area contributed by atoms with Crippen LogP contribution in [0, 0.1) is 18.3 Å². The molecule has 1 aromatic heterocycles. The Bertz CT molecular complexity index is 290. The van der Waals surface area contributed by atoms with E-state index in [0.29, 0.717) is 5.56 Å². The van der Waals surface area contributed by atoms with E-state index in [4.69, 9.17) is 10.4 Å². The molecule has 0 aliphatic carbocycles. The van der Waals surface area contributed by atoms with Crippen molar-refractivity contribution in [2.24, 2.45) is 0 Å². The van der Waals surface area contributed by atoms with Crippen LogP contribution < -0.4 is 0 Å². The van der Waals surface area contributed by atoms with E-state index in [0.717, 1.165) is 5.56 Å². The molecule has 1 atom stereocenters. The Labute approximate surface area is 64.9 Å². The monoisotopic (exact) mass is 148 g/mol. The van der Waals surface area contributed by atoms with E-state index in [-0.39, 0.29) is 0 Å². The molecule has 0 aliphatic heterocycles. The lowest BCUT2D eigenvalue weighted by atomic mass is 10.1. The quantitative estimate of drug-likeness (QED) is 0.603. The standard InChI is InChI=1S/C8H8N2O/c1-6-2-7(5-10-4-6)8(11)3-9/h2,4-5,8,11H,1H3. The zero-order valence-electron chi connectivity index (χ0n) is 6.15. The van der Waals surface area contributed by atoms with Crippen LogP contribution in [0.4, 0.5) is 0 Å². The van der Waals surface area contributed by atoms with Gasteiger partial charge in [-0.2, -0.15) is 5.26 Å². The van der Waals surface area contributed by atoms with Crippen LogP contribution in [0.15, 0.2) is 18.5 Å². The van der Waals surface area contributed by atoms with Gasteiger partial charge >= 0.3 is 0 Å². The number of pyridine rings is 1. The van der Waals surface area contributed by atoms with Crippen LogP contribution >= 0.6 is 0 Å². The molecule has 1 unspecified atom stereocenters. The van der Waals surface area contributed by atoms with Crippen LogP contribution in [-0.4, -0.2) is 10.1 Å². The van der Waals surface area contributed by atoms with Crippen LogP contribution in [-0.2, 0) is 0 Å². The molecule has 0 amide bonds. The van der Waals surface area contributed by atoms with E-state index in [1.807, 2.05) is 6.92 Å². The molecule has 11 heavy (non-hydrogen) atoms. The van der Waals surface area contributed by atoms with Crippen LogP contribution in [0.2, 0.25) is 0 Å². The van der Waals surface area contributed by atoms with Gasteiger partial charge in [0.2, 0.25) is 0 Å². The predicted octanol–water partition coefficient (Wildman–Crippen LogP) is 0.947. The highest BCUT2D eigenvalue weighted by Gasteiger charge is 2.04. The van der Waals surface area contributed by atoms with E-state index < -0.39 is 6.10 Å². The summed E-state index contributed by atoms with van der Waals surface area (Å²) in [6.07, 6.45) is 2.11. The molecule has 1 rings (SSSR count).